The van der Waals surface area contributed by atoms with Gasteiger partial charge in [-0.05, 0) is 12.1 Å². The normalized spacial score (nSPS) is 16.3. The summed E-state index contributed by atoms with van der Waals surface area (Å²) in [5, 5.41) is 6.80. The third-order valence-corrected chi connectivity index (χ3v) is 3.31. The van der Waals surface area contributed by atoms with Crippen molar-refractivity contribution in [1.29, 1.82) is 0 Å². The van der Waals surface area contributed by atoms with E-state index in [0.29, 0.717) is 25.3 Å². The molecule has 1 unspecified atom stereocenters. The third-order valence-electron chi connectivity index (χ3n) is 3.31. The third kappa shape index (κ3) is 3.49. The Hall–Kier alpha value is -2.70. The van der Waals surface area contributed by atoms with E-state index in [1.54, 1.807) is 6.20 Å². The maximum Gasteiger partial charge on any atom is 0.241 e. The van der Waals surface area contributed by atoms with Gasteiger partial charge in [-0.15, -0.1) is 0 Å². The zero-order valence-electron chi connectivity index (χ0n) is 12.1. The average Bonchev–Trinajstić information content (AvgIpc) is 2.92. The van der Waals surface area contributed by atoms with E-state index in [9.17, 15) is 4.79 Å². The van der Waals surface area contributed by atoms with Crippen LogP contribution in [0.15, 0.2) is 36.7 Å². The second-order valence-electron chi connectivity index (χ2n) is 5.11. The van der Waals surface area contributed by atoms with E-state index in [1.165, 1.54) is 10.9 Å². The molecule has 2 aromatic rings. The molecule has 1 aromatic carbocycles. The average molecular weight is 302 g/mol. The van der Waals surface area contributed by atoms with Crippen molar-refractivity contribution in [3.8, 4) is 11.5 Å². The minimum Gasteiger partial charge on any atom is -0.486 e. The summed E-state index contributed by atoms with van der Waals surface area (Å²) in [6.45, 7) is 1.16. The highest BCUT2D eigenvalue weighted by molar-refractivity contribution is 5.75. The van der Waals surface area contributed by atoms with Gasteiger partial charge in [-0.2, -0.15) is 5.10 Å². The molecule has 1 aliphatic rings. The van der Waals surface area contributed by atoms with Gasteiger partial charge in [0.1, 0.15) is 19.3 Å². The summed E-state index contributed by atoms with van der Waals surface area (Å²) in [6.07, 6.45) is 3.75. The maximum absolute atomic E-state index is 11.8. The number of ether oxygens (including phenoxy) is 2. The molecular formula is C15H18N4O3. The number of nitrogens with one attached hydrogen (secondary N) is 1. The summed E-state index contributed by atoms with van der Waals surface area (Å²) in [5.74, 6) is 1.40. The van der Waals surface area contributed by atoms with Crippen molar-refractivity contribution in [2.45, 2.75) is 19.1 Å². The number of aromatic nitrogens is 2. The number of nitrogen functional groups attached to an aromatic ring is 1. The molecule has 0 fully saturated rings. The zero-order chi connectivity index (χ0) is 15.4. The summed E-state index contributed by atoms with van der Waals surface area (Å²) in [4.78, 5) is 11.8. The van der Waals surface area contributed by atoms with Crippen LogP contribution in [0.5, 0.6) is 11.5 Å². The van der Waals surface area contributed by atoms with Crippen LogP contribution in [-0.4, -0.2) is 34.9 Å². The summed E-state index contributed by atoms with van der Waals surface area (Å²) in [7, 11) is 0. The number of fused-ring (bicyclic) bond motifs is 1. The van der Waals surface area contributed by atoms with Crippen molar-refractivity contribution in [2.24, 2.45) is 0 Å². The monoisotopic (exact) mass is 302 g/mol. The highest BCUT2D eigenvalue weighted by atomic mass is 16.6. The molecule has 3 N–H and O–H groups in total. The van der Waals surface area contributed by atoms with Crippen molar-refractivity contribution in [2.75, 3.05) is 18.9 Å². The highest BCUT2D eigenvalue weighted by Crippen LogP contribution is 2.31. The first kappa shape index (κ1) is 14.2. The van der Waals surface area contributed by atoms with Gasteiger partial charge in [0.2, 0.25) is 5.91 Å². The standard InChI is InChI=1S/C15H18N4O3/c16-11-7-18-19(8-11)9-15(20)17-6-5-12-10-21-13-3-1-2-4-14(13)22-12/h1-4,7-8,12H,5-6,9-10,16H2,(H,17,20). The van der Waals surface area contributed by atoms with Crippen molar-refractivity contribution < 1.29 is 14.3 Å². The number of amides is 1. The summed E-state index contributed by atoms with van der Waals surface area (Å²) in [5.41, 5.74) is 6.09. The van der Waals surface area contributed by atoms with Gasteiger partial charge < -0.3 is 20.5 Å². The fraction of sp³-hybridized carbons (Fsp3) is 0.333. The number of carbonyl (C=O) groups excluding carboxylic acids is 1. The molecule has 2 heterocycles. The first-order chi connectivity index (χ1) is 10.7. The number of rotatable bonds is 5. The molecule has 116 valence electrons. The van der Waals surface area contributed by atoms with Gasteiger partial charge in [-0.25, -0.2) is 0 Å². The Labute approximate surface area is 128 Å². The quantitative estimate of drug-likeness (QED) is 0.853. The maximum atomic E-state index is 11.8. The Morgan fingerprint density at radius 3 is 3.00 bits per heavy atom. The van der Waals surface area contributed by atoms with Crippen LogP contribution in [0.3, 0.4) is 0 Å². The Bertz CT molecular complexity index is 656. The van der Waals surface area contributed by atoms with Gasteiger partial charge in [0.25, 0.3) is 0 Å². The van der Waals surface area contributed by atoms with Crippen LogP contribution in [-0.2, 0) is 11.3 Å². The number of nitrogens with two attached hydrogens (primary N) is 1. The fourth-order valence-electron chi connectivity index (χ4n) is 2.25. The molecule has 0 aliphatic carbocycles. The van der Waals surface area contributed by atoms with Crippen LogP contribution < -0.4 is 20.5 Å². The Morgan fingerprint density at radius 2 is 2.23 bits per heavy atom. The molecule has 1 amide bonds. The number of para-hydroxylation sites is 2. The van der Waals surface area contributed by atoms with Crippen molar-refractivity contribution in [1.82, 2.24) is 15.1 Å². The first-order valence-electron chi connectivity index (χ1n) is 7.14. The van der Waals surface area contributed by atoms with Crippen LogP contribution in [0.1, 0.15) is 6.42 Å². The van der Waals surface area contributed by atoms with Gasteiger partial charge in [-0.1, -0.05) is 12.1 Å². The predicted octanol–water partition coefficient (Wildman–Crippen LogP) is 0.812. The molecule has 0 bridgehead atoms. The van der Waals surface area contributed by atoms with E-state index in [1.807, 2.05) is 24.3 Å². The molecule has 3 rings (SSSR count). The van der Waals surface area contributed by atoms with E-state index < -0.39 is 0 Å². The van der Waals surface area contributed by atoms with Crippen molar-refractivity contribution >= 4 is 11.6 Å². The van der Waals surface area contributed by atoms with Gasteiger partial charge >= 0.3 is 0 Å². The number of anilines is 1. The molecule has 0 saturated heterocycles. The van der Waals surface area contributed by atoms with Crippen LogP contribution in [0.2, 0.25) is 0 Å². The van der Waals surface area contributed by atoms with Crippen LogP contribution >= 0.6 is 0 Å². The summed E-state index contributed by atoms with van der Waals surface area (Å²) >= 11 is 0. The second-order valence-corrected chi connectivity index (χ2v) is 5.11. The Morgan fingerprint density at radius 1 is 1.41 bits per heavy atom. The Kier molecular flexibility index (Phi) is 4.13. The number of benzene rings is 1. The van der Waals surface area contributed by atoms with Gasteiger partial charge in [0.05, 0.1) is 11.9 Å². The van der Waals surface area contributed by atoms with Gasteiger partial charge in [0.15, 0.2) is 11.5 Å². The second kappa shape index (κ2) is 6.38. The number of nitrogens with zero attached hydrogens (tertiary/aromatic N) is 2. The smallest absolute Gasteiger partial charge is 0.241 e. The molecule has 0 spiro atoms. The lowest BCUT2D eigenvalue weighted by Gasteiger charge is -2.26. The van der Waals surface area contributed by atoms with Gasteiger partial charge in [-0.3, -0.25) is 9.48 Å². The van der Waals surface area contributed by atoms with E-state index in [2.05, 4.69) is 10.4 Å². The molecule has 7 nitrogen and oxygen atoms in total. The fourth-order valence-corrected chi connectivity index (χ4v) is 2.25. The molecule has 0 radical (unpaired) electrons. The number of carbonyl (C=O) groups is 1. The SMILES string of the molecule is Nc1cnn(CC(=O)NCCC2COc3ccccc3O2)c1. The van der Waals surface area contributed by atoms with Crippen molar-refractivity contribution in [3.05, 3.63) is 36.7 Å². The van der Waals surface area contributed by atoms with E-state index >= 15 is 0 Å². The molecular weight excluding hydrogens is 284 g/mol. The van der Waals surface area contributed by atoms with Crippen molar-refractivity contribution in [3.63, 3.8) is 0 Å². The molecule has 1 atom stereocenters. The lowest BCUT2D eigenvalue weighted by Crippen LogP contribution is -2.35. The number of hydrogen-bond acceptors (Lipinski definition) is 5. The van der Waals surface area contributed by atoms with Crippen LogP contribution in [0.4, 0.5) is 5.69 Å². The lowest BCUT2D eigenvalue weighted by molar-refractivity contribution is -0.121. The molecule has 7 heteroatoms. The first-order valence-corrected chi connectivity index (χ1v) is 7.14. The molecule has 1 aromatic heterocycles. The van der Waals surface area contributed by atoms with Gasteiger partial charge in [0, 0.05) is 19.2 Å². The molecule has 0 saturated carbocycles. The molecule has 22 heavy (non-hydrogen) atoms. The number of hydrogen-bond donors (Lipinski definition) is 2. The predicted molar refractivity (Wildman–Crippen MR) is 80.6 cm³/mol. The Balaban J connectivity index is 1.41. The van der Waals surface area contributed by atoms with Crippen LogP contribution in [0, 0.1) is 0 Å². The van der Waals surface area contributed by atoms with E-state index in [-0.39, 0.29) is 18.6 Å². The summed E-state index contributed by atoms with van der Waals surface area (Å²) < 4.78 is 13.0. The minimum absolute atomic E-state index is 0.0597. The van der Waals surface area contributed by atoms with E-state index in [4.69, 9.17) is 15.2 Å². The molecule has 1 aliphatic heterocycles. The summed E-state index contributed by atoms with van der Waals surface area (Å²) in [6, 6.07) is 7.57. The highest BCUT2D eigenvalue weighted by Gasteiger charge is 2.20. The zero-order valence-corrected chi connectivity index (χ0v) is 12.1. The minimum atomic E-state index is -0.111. The largest absolute Gasteiger partial charge is 0.486 e. The van der Waals surface area contributed by atoms with Crippen LogP contribution in [0.25, 0.3) is 0 Å². The topological polar surface area (TPSA) is 91.4 Å². The lowest BCUT2D eigenvalue weighted by atomic mass is 10.2. The van der Waals surface area contributed by atoms with E-state index in [0.717, 1.165) is 11.5 Å².